The van der Waals surface area contributed by atoms with Crippen molar-refractivity contribution in [3.05, 3.63) is 0 Å². The summed E-state index contributed by atoms with van der Waals surface area (Å²) in [7, 11) is 0. The molecule has 0 saturated heterocycles. The van der Waals surface area contributed by atoms with Crippen LogP contribution in [0.25, 0.3) is 0 Å². The van der Waals surface area contributed by atoms with Crippen LogP contribution in [0.1, 0.15) is 19.3 Å². The molecule has 0 unspecified atom stereocenters. The highest BCUT2D eigenvalue weighted by atomic mass is 16.4. The van der Waals surface area contributed by atoms with Gasteiger partial charge in [0.2, 0.25) is 0 Å². The Kier molecular flexibility index (Phi) is 0.875. The lowest BCUT2D eigenvalue weighted by Crippen LogP contribution is -2.34. The highest BCUT2D eigenvalue weighted by molar-refractivity contribution is 5.72. The number of carboxylic acid groups (broad SMARTS) is 1. The van der Waals surface area contributed by atoms with Crippen LogP contribution in [0.3, 0.4) is 0 Å². The summed E-state index contributed by atoms with van der Waals surface area (Å²) < 4.78 is 0. The molecule has 2 nitrogen and oxygen atoms in total. The fraction of sp³-hybridized carbons (Fsp3) is 0.857. The molecule has 0 aliphatic heterocycles. The lowest BCUT2D eigenvalue weighted by molar-refractivity contribution is -0.148. The molecular weight excluding hydrogens is 116 g/mol. The largest absolute Gasteiger partial charge is 0.481 e. The van der Waals surface area contributed by atoms with E-state index in [1.807, 2.05) is 0 Å². The first-order valence-corrected chi connectivity index (χ1v) is 3.52. The molecule has 3 aliphatic carbocycles. The first-order chi connectivity index (χ1) is 4.29. The van der Waals surface area contributed by atoms with E-state index in [0.717, 1.165) is 0 Å². The van der Waals surface area contributed by atoms with Crippen LogP contribution in [0.4, 0.5) is 0 Å². The standard InChI is InChI=1S/C7H10O2/c8-7(9)6-4-1-2-5(6)3-4/h4-6H,1-3H2,(H,8,9)/t4-,5-/m1/s1. The predicted molar refractivity (Wildman–Crippen MR) is 32.0 cm³/mol. The summed E-state index contributed by atoms with van der Waals surface area (Å²) >= 11 is 0. The van der Waals surface area contributed by atoms with Gasteiger partial charge in [0.25, 0.3) is 0 Å². The summed E-state index contributed by atoms with van der Waals surface area (Å²) in [6, 6.07) is 0. The van der Waals surface area contributed by atoms with E-state index in [2.05, 4.69) is 0 Å². The molecule has 0 radical (unpaired) electrons. The Labute approximate surface area is 53.9 Å². The minimum Gasteiger partial charge on any atom is -0.481 e. The Morgan fingerprint density at radius 2 is 1.89 bits per heavy atom. The first kappa shape index (κ1) is 5.27. The summed E-state index contributed by atoms with van der Waals surface area (Å²) in [5, 5.41) is 8.61. The zero-order chi connectivity index (χ0) is 6.43. The van der Waals surface area contributed by atoms with Gasteiger partial charge in [-0.15, -0.1) is 0 Å². The number of rotatable bonds is 1. The third-order valence-electron chi connectivity index (χ3n) is 2.81. The van der Waals surface area contributed by atoms with Gasteiger partial charge < -0.3 is 5.11 Å². The number of carboxylic acids is 1. The second-order valence-electron chi connectivity index (χ2n) is 3.20. The van der Waals surface area contributed by atoms with Crippen LogP contribution in [-0.4, -0.2) is 11.1 Å². The van der Waals surface area contributed by atoms with E-state index in [1.54, 1.807) is 0 Å². The van der Waals surface area contributed by atoms with Crippen molar-refractivity contribution in [1.29, 1.82) is 0 Å². The maximum absolute atomic E-state index is 10.4. The monoisotopic (exact) mass is 126 g/mol. The average molecular weight is 126 g/mol. The minimum atomic E-state index is -0.561. The van der Waals surface area contributed by atoms with Gasteiger partial charge >= 0.3 is 5.97 Å². The van der Waals surface area contributed by atoms with Crippen LogP contribution in [0.2, 0.25) is 0 Å². The Morgan fingerprint density at radius 1 is 1.33 bits per heavy atom. The number of carbonyl (C=O) groups is 1. The highest BCUT2D eigenvalue weighted by Gasteiger charge is 2.50. The fourth-order valence-electron chi connectivity index (χ4n) is 2.30. The van der Waals surface area contributed by atoms with Gasteiger partial charge in [0.1, 0.15) is 0 Å². The molecule has 3 fully saturated rings. The van der Waals surface area contributed by atoms with Gasteiger partial charge in [0, 0.05) is 0 Å². The van der Waals surface area contributed by atoms with Crippen molar-refractivity contribution >= 4 is 5.97 Å². The Morgan fingerprint density at radius 3 is 2.11 bits per heavy atom. The second-order valence-corrected chi connectivity index (χ2v) is 3.20. The zero-order valence-corrected chi connectivity index (χ0v) is 5.21. The Bertz CT molecular complexity index is 139. The molecule has 3 saturated carbocycles. The van der Waals surface area contributed by atoms with Gasteiger partial charge in [-0.05, 0) is 31.1 Å². The van der Waals surface area contributed by atoms with Crippen molar-refractivity contribution in [2.24, 2.45) is 17.8 Å². The predicted octanol–water partition coefficient (Wildman–Crippen LogP) is 1.12. The van der Waals surface area contributed by atoms with Crippen molar-refractivity contribution in [3.8, 4) is 0 Å². The quantitative estimate of drug-likeness (QED) is 0.571. The molecule has 0 amide bonds. The van der Waals surface area contributed by atoms with Crippen molar-refractivity contribution in [3.63, 3.8) is 0 Å². The van der Waals surface area contributed by atoms with Gasteiger partial charge in [-0.25, -0.2) is 0 Å². The third-order valence-corrected chi connectivity index (χ3v) is 2.81. The van der Waals surface area contributed by atoms with Crippen molar-refractivity contribution in [2.45, 2.75) is 19.3 Å². The summed E-state index contributed by atoms with van der Waals surface area (Å²) in [5.74, 6) is 0.582. The normalized spacial score (nSPS) is 46.4. The number of hydrogen-bond acceptors (Lipinski definition) is 1. The van der Waals surface area contributed by atoms with Gasteiger partial charge in [0.15, 0.2) is 0 Å². The van der Waals surface area contributed by atoms with E-state index in [9.17, 15) is 4.79 Å². The topological polar surface area (TPSA) is 37.3 Å². The minimum absolute atomic E-state index is 0.0463. The summed E-state index contributed by atoms with van der Waals surface area (Å²) in [4.78, 5) is 10.4. The zero-order valence-electron chi connectivity index (χ0n) is 5.21. The number of hydrogen-bond donors (Lipinski definition) is 1. The van der Waals surface area contributed by atoms with Gasteiger partial charge in [-0.3, -0.25) is 4.79 Å². The summed E-state index contributed by atoms with van der Waals surface area (Å²) in [6.45, 7) is 0. The van der Waals surface area contributed by atoms with Crippen LogP contribution in [0.15, 0.2) is 0 Å². The summed E-state index contributed by atoms with van der Waals surface area (Å²) in [6.07, 6.45) is 3.53. The lowest BCUT2D eigenvalue weighted by Gasteiger charge is -2.31. The van der Waals surface area contributed by atoms with E-state index < -0.39 is 5.97 Å². The average Bonchev–Trinajstić information content (AvgIpc) is 2.13. The van der Waals surface area contributed by atoms with Crippen LogP contribution in [-0.2, 0) is 4.79 Å². The Hall–Kier alpha value is -0.530. The van der Waals surface area contributed by atoms with Crippen LogP contribution >= 0.6 is 0 Å². The smallest absolute Gasteiger partial charge is 0.307 e. The molecule has 50 valence electrons. The molecule has 0 heterocycles. The molecule has 0 spiro atoms. The van der Waals surface area contributed by atoms with Crippen LogP contribution < -0.4 is 0 Å². The van der Waals surface area contributed by atoms with Crippen LogP contribution in [0, 0.1) is 17.8 Å². The lowest BCUT2D eigenvalue weighted by atomic mass is 9.72. The Balaban J connectivity index is 2.10. The van der Waals surface area contributed by atoms with Crippen molar-refractivity contribution in [1.82, 2.24) is 0 Å². The van der Waals surface area contributed by atoms with Crippen LogP contribution in [0.5, 0.6) is 0 Å². The van der Waals surface area contributed by atoms with E-state index in [-0.39, 0.29) is 5.92 Å². The van der Waals surface area contributed by atoms with Crippen molar-refractivity contribution < 1.29 is 9.90 Å². The maximum atomic E-state index is 10.4. The second kappa shape index (κ2) is 1.49. The molecule has 1 N–H and O–H groups in total. The maximum Gasteiger partial charge on any atom is 0.307 e. The molecule has 3 rings (SSSR count). The fourth-order valence-corrected chi connectivity index (χ4v) is 2.30. The van der Waals surface area contributed by atoms with Gasteiger partial charge in [-0.2, -0.15) is 0 Å². The molecule has 3 aliphatic rings. The number of fused-ring (bicyclic) bond motifs is 1. The van der Waals surface area contributed by atoms with E-state index in [4.69, 9.17) is 5.11 Å². The molecule has 2 atom stereocenters. The molecular formula is C7H10O2. The van der Waals surface area contributed by atoms with Crippen molar-refractivity contribution in [2.75, 3.05) is 0 Å². The number of aliphatic carboxylic acids is 1. The van der Waals surface area contributed by atoms with E-state index >= 15 is 0 Å². The van der Waals surface area contributed by atoms with E-state index in [1.165, 1.54) is 19.3 Å². The molecule has 2 heteroatoms. The molecule has 0 aromatic rings. The van der Waals surface area contributed by atoms with E-state index in [0.29, 0.717) is 11.8 Å². The first-order valence-electron chi connectivity index (χ1n) is 3.52. The molecule has 2 bridgehead atoms. The summed E-state index contributed by atoms with van der Waals surface area (Å²) in [5.41, 5.74) is 0. The molecule has 0 aromatic heterocycles. The SMILES string of the molecule is O=C(O)C1[C@@H]2CC[C@@H]1C2. The highest BCUT2D eigenvalue weighted by Crippen LogP contribution is 2.53. The van der Waals surface area contributed by atoms with Gasteiger partial charge in [-0.1, -0.05) is 0 Å². The molecule has 0 aromatic carbocycles. The van der Waals surface area contributed by atoms with Gasteiger partial charge in [0.05, 0.1) is 5.92 Å². The molecule has 9 heavy (non-hydrogen) atoms. The third kappa shape index (κ3) is 0.533.